The van der Waals surface area contributed by atoms with Gasteiger partial charge in [-0.3, -0.25) is 9.69 Å². The van der Waals surface area contributed by atoms with Gasteiger partial charge in [-0.1, -0.05) is 36.4 Å². The average Bonchev–Trinajstić information content (AvgIpc) is 2.72. The first-order valence-corrected chi connectivity index (χ1v) is 9.71. The van der Waals surface area contributed by atoms with Crippen LogP contribution in [0.25, 0.3) is 0 Å². The molecule has 4 nitrogen and oxygen atoms in total. The van der Waals surface area contributed by atoms with Crippen molar-refractivity contribution in [1.82, 2.24) is 15.1 Å². The fourth-order valence-electron chi connectivity index (χ4n) is 4.22. The van der Waals surface area contributed by atoms with E-state index >= 15 is 0 Å². The molecule has 4 rings (SSSR count). The molecular weight excluding hydrogens is 341 g/mol. The number of carbonyl (C=O) groups excluding carboxylic acids is 1. The van der Waals surface area contributed by atoms with Crippen molar-refractivity contribution in [3.05, 3.63) is 71.0 Å². The first-order valence-electron chi connectivity index (χ1n) is 9.71. The Hall–Kier alpha value is -2.24. The Morgan fingerprint density at radius 2 is 1.96 bits per heavy atom. The largest absolute Gasteiger partial charge is 0.332 e. The van der Waals surface area contributed by atoms with E-state index in [2.05, 4.69) is 34.5 Å². The molecule has 0 aliphatic carbocycles. The van der Waals surface area contributed by atoms with Crippen LogP contribution in [0.2, 0.25) is 0 Å². The molecule has 2 aromatic carbocycles. The molecule has 1 N–H and O–H groups in total. The second-order valence-corrected chi connectivity index (χ2v) is 7.47. The number of benzene rings is 2. The first-order chi connectivity index (χ1) is 13.1. The minimum atomic E-state index is -0.258. The van der Waals surface area contributed by atoms with Gasteiger partial charge in [0.15, 0.2) is 0 Å². The van der Waals surface area contributed by atoms with E-state index in [0.717, 1.165) is 31.6 Å². The molecule has 142 valence electrons. The van der Waals surface area contributed by atoms with Gasteiger partial charge in [-0.25, -0.2) is 4.39 Å². The Balaban J connectivity index is 1.52. The number of piperazine rings is 1. The van der Waals surface area contributed by atoms with E-state index in [4.69, 9.17) is 0 Å². The van der Waals surface area contributed by atoms with Crippen molar-refractivity contribution in [1.29, 1.82) is 0 Å². The predicted molar refractivity (Wildman–Crippen MR) is 104 cm³/mol. The SMILES string of the molecule is CC(C(=O)N1CCNCC1c1cccc(F)c1)N1CCc2ccccc2C1. The molecule has 27 heavy (non-hydrogen) atoms. The summed E-state index contributed by atoms with van der Waals surface area (Å²) in [5.41, 5.74) is 3.55. The Bertz CT molecular complexity index is 825. The third-order valence-corrected chi connectivity index (χ3v) is 5.83. The summed E-state index contributed by atoms with van der Waals surface area (Å²) in [5, 5.41) is 3.34. The maximum atomic E-state index is 13.7. The molecule has 2 atom stereocenters. The fourth-order valence-corrected chi connectivity index (χ4v) is 4.22. The van der Waals surface area contributed by atoms with Crippen LogP contribution in [-0.2, 0) is 17.8 Å². The van der Waals surface area contributed by atoms with Gasteiger partial charge in [-0.2, -0.15) is 0 Å². The molecule has 5 heteroatoms. The summed E-state index contributed by atoms with van der Waals surface area (Å²) in [6, 6.07) is 14.8. The third kappa shape index (κ3) is 3.75. The van der Waals surface area contributed by atoms with Crippen LogP contribution in [0.1, 0.15) is 29.7 Å². The number of fused-ring (bicyclic) bond motifs is 1. The highest BCUT2D eigenvalue weighted by atomic mass is 19.1. The van der Waals surface area contributed by atoms with Crippen molar-refractivity contribution in [2.24, 2.45) is 0 Å². The number of amides is 1. The number of halogens is 1. The molecule has 0 radical (unpaired) electrons. The lowest BCUT2D eigenvalue weighted by atomic mass is 9.98. The lowest BCUT2D eigenvalue weighted by Gasteiger charge is -2.41. The number of nitrogens with zero attached hydrogens (tertiary/aromatic N) is 2. The highest BCUT2D eigenvalue weighted by molar-refractivity contribution is 5.82. The normalized spacial score (nSPS) is 21.6. The third-order valence-electron chi connectivity index (χ3n) is 5.83. The fraction of sp³-hybridized carbons (Fsp3) is 0.409. The molecule has 0 aromatic heterocycles. The molecule has 0 bridgehead atoms. The van der Waals surface area contributed by atoms with Crippen LogP contribution in [-0.4, -0.2) is 47.9 Å². The van der Waals surface area contributed by atoms with Crippen molar-refractivity contribution in [2.45, 2.75) is 32.0 Å². The molecule has 1 saturated heterocycles. The topological polar surface area (TPSA) is 35.6 Å². The summed E-state index contributed by atoms with van der Waals surface area (Å²) in [6.45, 7) is 5.77. The van der Waals surface area contributed by atoms with Gasteiger partial charge in [0.05, 0.1) is 12.1 Å². The molecular formula is C22H26FN3O. The Morgan fingerprint density at radius 3 is 2.78 bits per heavy atom. The zero-order chi connectivity index (χ0) is 18.8. The van der Waals surface area contributed by atoms with E-state index < -0.39 is 0 Å². The van der Waals surface area contributed by atoms with E-state index in [1.807, 2.05) is 17.9 Å². The molecule has 1 fully saturated rings. The Labute approximate surface area is 160 Å². The summed E-state index contributed by atoms with van der Waals surface area (Å²) < 4.78 is 13.7. The quantitative estimate of drug-likeness (QED) is 0.906. The van der Waals surface area contributed by atoms with E-state index in [9.17, 15) is 9.18 Å². The second kappa shape index (κ2) is 7.79. The van der Waals surface area contributed by atoms with Crippen molar-refractivity contribution >= 4 is 5.91 Å². The van der Waals surface area contributed by atoms with E-state index in [-0.39, 0.29) is 23.8 Å². The van der Waals surface area contributed by atoms with Gasteiger partial charge < -0.3 is 10.2 Å². The van der Waals surface area contributed by atoms with Crippen LogP contribution >= 0.6 is 0 Å². The van der Waals surface area contributed by atoms with Gasteiger partial charge in [0.1, 0.15) is 5.82 Å². The monoisotopic (exact) mass is 367 g/mol. The van der Waals surface area contributed by atoms with Gasteiger partial charge in [-0.15, -0.1) is 0 Å². The van der Waals surface area contributed by atoms with Gasteiger partial charge in [-0.05, 0) is 42.2 Å². The Morgan fingerprint density at radius 1 is 1.15 bits per heavy atom. The summed E-state index contributed by atoms with van der Waals surface area (Å²) in [6.07, 6.45) is 0.975. The molecule has 0 saturated carbocycles. The highest BCUT2D eigenvalue weighted by Gasteiger charge is 2.34. The smallest absolute Gasteiger partial charge is 0.240 e. The molecule has 0 spiro atoms. The molecule has 1 amide bonds. The van der Waals surface area contributed by atoms with Crippen LogP contribution in [0.15, 0.2) is 48.5 Å². The van der Waals surface area contributed by atoms with Crippen molar-refractivity contribution in [3.8, 4) is 0 Å². The number of nitrogens with one attached hydrogen (secondary N) is 1. The zero-order valence-corrected chi connectivity index (χ0v) is 15.7. The van der Waals surface area contributed by atoms with Crippen molar-refractivity contribution in [2.75, 3.05) is 26.2 Å². The number of carbonyl (C=O) groups is 1. The minimum absolute atomic E-state index is 0.124. The number of hydrogen-bond acceptors (Lipinski definition) is 3. The second-order valence-electron chi connectivity index (χ2n) is 7.47. The standard InChI is InChI=1S/C22H26FN3O/c1-16(25-11-9-17-5-2-3-6-19(17)15-25)22(27)26-12-10-24-14-21(26)18-7-4-8-20(23)13-18/h2-8,13,16,21,24H,9-12,14-15H2,1H3. The van der Waals surface area contributed by atoms with E-state index in [1.165, 1.54) is 17.2 Å². The minimum Gasteiger partial charge on any atom is -0.332 e. The maximum Gasteiger partial charge on any atom is 0.240 e. The predicted octanol–water partition coefficient (Wildman–Crippen LogP) is 2.75. The molecule has 2 aliphatic heterocycles. The Kier molecular flexibility index (Phi) is 5.23. The molecule has 2 heterocycles. The van der Waals surface area contributed by atoms with Gasteiger partial charge in [0, 0.05) is 32.7 Å². The summed E-state index contributed by atoms with van der Waals surface area (Å²) in [4.78, 5) is 17.5. The highest BCUT2D eigenvalue weighted by Crippen LogP contribution is 2.26. The summed E-state index contributed by atoms with van der Waals surface area (Å²) >= 11 is 0. The maximum absolute atomic E-state index is 13.7. The van der Waals surface area contributed by atoms with Crippen molar-refractivity contribution < 1.29 is 9.18 Å². The van der Waals surface area contributed by atoms with Gasteiger partial charge in [0.2, 0.25) is 5.91 Å². The van der Waals surface area contributed by atoms with Crippen LogP contribution in [0, 0.1) is 5.82 Å². The number of hydrogen-bond donors (Lipinski definition) is 1. The van der Waals surface area contributed by atoms with Crippen LogP contribution in [0.3, 0.4) is 0 Å². The van der Waals surface area contributed by atoms with Gasteiger partial charge >= 0.3 is 0 Å². The van der Waals surface area contributed by atoms with Crippen LogP contribution in [0.4, 0.5) is 4.39 Å². The van der Waals surface area contributed by atoms with Crippen molar-refractivity contribution in [3.63, 3.8) is 0 Å². The van der Waals surface area contributed by atoms with Crippen LogP contribution in [0.5, 0.6) is 0 Å². The average molecular weight is 367 g/mol. The lowest BCUT2D eigenvalue weighted by molar-refractivity contribution is -0.140. The molecule has 2 unspecified atom stereocenters. The zero-order valence-electron chi connectivity index (χ0n) is 15.7. The summed E-state index contributed by atoms with van der Waals surface area (Å²) in [7, 11) is 0. The first kappa shape index (κ1) is 18.1. The molecule has 2 aliphatic rings. The van der Waals surface area contributed by atoms with Crippen LogP contribution < -0.4 is 5.32 Å². The summed E-state index contributed by atoms with van der Waals surface area (Å²) in [5.74, 6) is -0.128. The van der Waals surface area contributed by atoms with Gasteiger partial charge in [0.25, 0.3) is 0 Å². The van der Waals surface area contributed by atoms with E-state index in [1.54, 1.807) is 12.1 Å². The number of rotatable bonds is 3. The lowest BCUT2D eigenvalue weighted by Crippen LogP contribution is -2.55. The molecule has 2 aromatic rings. The van der Waals surface area contributed by atoms with E-state index in [0.29, 0.717) is 13.1 Å².